The van der Waals surface area contributed by atoms with Crippen molar-refractivity contribution in [2.24, 2.45) is 5.10 Å². The summed E-state index contributed by atoms with van der Waals surface area (Å²) in [5.74, 6) is 0. The molecule has 0 aliphatic carbocycles. The molecule has 3 aromatic rings. The maximum atomic E-state index is 12.6. The normalized spacial score (nSPS) is 12.0. The van der Waals surface area contributed by atoms with Gasteiger partial charge in [0, 0.05) is 23.5 Å². The average Bonchev–Trinajstić information content (AvgIpc) is 2.70. The van der Waals surface area contributed by atoms with Gasteiger partial charge < -0.3 is 0 Å². The van der Waals surface area contributed by atoms with Crippen LogP contribution in [0, 0.1) is 0 Å². The van der Waals surface area contributed by atoms with Gasteiger partial charge in [-0.25, -0.2) is 0 Å². The average molecular weight is 379 g/mol. The second-order valence-electron chi connectivity index (χ2n) is 6.06. The number of hydrogen-bond donors (Lipinski definition) is 1. The fraction of sp³-hybridized carbons (Fsp3) is 0.143. The Morgan fingerprint density at radius 3 is 2.30 bits per heavy atom. The summed E-state index contributed by atoms with van der Waals surface area (Å²) in [5, 5.41) is 4.21. The highest BCUT2D eigenvalue weighted by atomic mass is 32.2. The first kappa shape index (κ1) is 18.8. The van der Waals surface area contributed by atoms with Crippen LogP contribution in [0.2, 0.25) is 0 Å². The molecule has 0 aliphatic heterocycles. The second-order valence-corrected chi connectivity index (χ2v) is 7.72. The molecule has 6 heteroatoms. The van der Waals surface area contributed by atoms with Gasteiger partial charge in [0.2, 0.25) is 0 Å². The molecule has 0 saturated carbocycles. The van der Waals surface area contributed by atoms with Crippen LogP contribution < -0.4 is 4.83 Å². The molecule has 1 N–H and O–H groups in total. The van der Waals surface area contributed by atoms with Crippen molar-refractivity contribution in [2.45, 2.75) is 24.7 Å². The molecule has 0 fully saturated rings. The molecule has 0 spiro atoms. The van der Waals surface area contributed by atoms with E-state index in [-0.39, 0.29) is 4.90 Å². The van der Waals surface area contributed by atoms with Gasteiger partial charge in [-0.2, -0.15) is 18.4 Å². The van der Waals surface area contributed by atoms with Crippen LogP contribution in [0.3, 0.4) is 0 Å². The van der Waals surface area contributed by atoms with Crippen LogP contribution in [-0.4, -0.2) is 19.1 Å². The van der Waals surface area contributed by atoms with E-state index in [1.807, 2.05) is 48.5 Å². The van der Waals surface area contributed by atoms with E-state index >= 15 is 0 Å². The third kappa shape index (κ3) is 4.80. The maximum absolute atomic E-state index is 12.6. The first-order valence-corrected chi connectivity index (χ1v) is 10.2. The van der Waals surface area contributed by atoms with Crippen molar-refractivity contribution < 1.29 is 8.42 Å². The first-order chi connectivity index (χ1) is 13.1. The zero-order valence-electron chi connectivity index (χ0n) is 15.0. The van der Waals surface area contributed by atoms with E-state index in [1.54, 1.807) is 30.6 Å². The van der Waals surface area contributed by atoms with E-state index in [1.165, 1.54) is 0 Å². The van der Waals surface area contributed by atoms with Crippen LogP contribution in [0.1, 0.15) is 30.0 Å². The summed E-state index contributed by atoms with van der Waals surface area (Å²) in [6, 6.07) is 19.9. The van der Waals surface area contributed by atoms with Crippen LogP contribution in [0.25, 0.3) is 0 Å². The minimum Gasteiger partial charge on any atom is -0.264 e. The molecule has 0 atom stereocenters. The minimum atomic E-state index is -3.76. The zero-order valence-corrected chi connectivity index (χ0v) is 15.9. The van der Waals surface area contributed by atoms with Crippen molar-refractivity contribution in [3.63, 3.8) is 0 Å². The molecular formula is C21H21N3O2S. The quantitative estimate of drug-likeness (QED) is 0.502. The van der Waals surface area contributed by atoms with Gasteiger partial charge in [0.05, 0.1) is 4.90 Å². The van der Waals surface area contributed by atoms with Crippen molar-refractivity contribution in [2.75, 3.05) is 0 Å². The largest absolute Gasteiger partial charge is 0.276 e. The fourth-order valence-corrected chi connectivity index (χ4v) is 3.49. The molecule has 27 heavy (non-hydrogen) atoms. The van der Waals surface area contributed by atoms with Crippen LogP contribution in [0.5, 0.6) is 0 Å². The molecule has 5 nitrogen and oxygen atoms in total. The lowest BCUT2D eigenvalue weighted by molar-refractivity contribution is 0.584. The number of pyridine rings is 1. The summed E-state index contributed by atoms with van der Waals surface area (Å²) in [5.41, 5.74) is 3.14. The van der Waals surface area contributed by atoms with Gasteiger partial charge >= 0.3 is 0 Å². The SMILES string of the molecule is CCCc1ccc(S(=O)(=O)NN=C(c2ccccc2)c2cccnc2)cc1. The number of hydrogen-bond acceptors (Lipinski definition) is 4. The van der Waals surface area contributed by atoms with Crippen molar-refractivity contribution >= 4 is 15.7 Å². The standard InChI is InChI=1S/C21H21N3O2S/c1-2-7-17-11-13-20(14-12-17)27(25,26)24-23-21(18-8-4-3-5-9-18)19-10-6-15-22-16-19/h3-6,8-16,24H,2,7H2,1H3. The number of aromatic nitrogens is 1. The van der Waals surface area contributed by atoms with Gasteiger partial charge in [0.25, 0.3) is 10.0 Å². The molecule has 0 bridgehead atoms. The van der Waals surface area contributed by atoms with Crippen LogP contribution >= 0.6 is 0 Å². The molecule has 0 radical (unpaired) electrons. The lowest BCUT2D eigenvalue weighted by Crippen LogP contribution is -2.21. The number of nitrogens with one attached hydrogen (secondary N) is 1. The lowest BCUT2D eigenvalue weighted by Gasteiger charge is -2.09. The molecule has 0 aliphatic rings. The topological polar surface area (TPSA) is 71.4 Å². The van der Waals surface area contributed by atoms with Crippen LogP contribution in [0.4, 0.5) is 0 Å². The number of sulfonamides is 1. The number of benzene rings is 2. The highest BCUT2D eigenvalue weighted by molar-refractivity contribution is 7.89. The Kier molecular flexibility index (Phi) is 5.98. The third-order valence-corrected chi connectivity index (χ3v) is 5.26. The summed E-state index contributed by atoms with van der Waals surface area (Å²) in [4.78, 5) is 6.64. The highest BCUT2D eigenvalue weighted by Crippen LogP contribution is 2.13. The number of aryl methyl sites for hydroxylation is 1. The fourth-order valence-electron chi connectivity index (χ4n) is 2.68. The molecule has 0 saturated heterocycles. The second kappa shape index (κ2) is 8.60. The first-order valence-electron chi connectivity index (χ1n) is 8.74. The molecule has 1 aromatic heterocycles. The van der Waals surface area contributed by atoms with E-state index in [0.29, 0.717) is 5.71 Å². The molecule has 3 rings (SSSR count). The minimum absolute atomic E-state index is 0.185. The Labute approximate surface area is 159 Å². The molecule has 1 heterocycles. The van der Waals surface area contributed by atoms with Gasteiger partial charge in [0.15, 0.2) is 0 Å². The zero-order chi connectivity index (χ0) is 19.1. The summed E-state index contributed by atoms with van der Waals surface area (Å²) in [6.45, 7) is 2.09. The molecule has 0 unspecified atom stereocenters. The van der Waals surface area contributed by atoms with Gasteiger partial charge in [-0.05, 0) is 36.2 Å². The summed E-state index contributed by atoms with van der Waals surface area (Å²) in [7, 11) is -3.76. The van der Waals surface area contributed by atoms with Gasteiger partial charge in [-0.15, -0.1) is 0 Å². The van der Waals surface area contributed by atoms with E-state index in [9.17, 15) is 8.42 Å². The number of hydrazone groups is 1. The molecule has 0 amide bonds. The predicted octanol–water partition coefficient (Wildman–Crippen LogP) is 3.77. The van der Waals surface area contributed by atoms with Gasteiger partial charge in [0.1, 0.15) is 5.71 Å². The smallest absolute Gasteiger partial charge is 0.264 e. The maximum Gasteiger partial charge on any atom is 0.276 e. The number of nitrogens with zero attached hydrogens (tertiary/aromatic N) is 2. The van der Waals surface area contributed by atoms with E-state index in [0.717, 1.165) is 29.5 Å². The van der Waals surface area contributed by atoms with Crippen molar-refractivity contribution in [1.29, 1.82) is 0 Å². The predicted molar refractivity (Wildman–Crippen MR) is 107 cm³/mol. The molecule has 138 valence electrons. The van der Waals surface area contributed by atoms with E-state index in [4.69, 9.17) is 0 Å². The molecular weight excluding hydrogens is 358 g/mol. The van der Waals surface area contributed by atoms with Gasteiger partial charge in [-0.3, -0.25) is 4.98 Å². The monoisotopic (exact) mass is 379 g/mol. The highest BCUT2D eigenvalue weighted by Gasteiger charge is 2.14. The van der Waals surface area contributed by atoms with E-state index in [2.05, 4.69) is 21.8 Å². The van der Waals surface area contributed by atoms with Crippen molar-refractivity contribution in [3.8, 4) is 0 Å². The Morgan fingerprint density at radius 2 is 1.67 bits per heavy atom. The van der Waals surface area contributed by atoms with Crippen molar-refractivity contribution in [1.82, 2.24) is 9.82 Å². The van der Waals surface area contributed by atoms with Crippen LogP contribution in [0.15, 0.2) is 89.1 Å². The molecule has 2 aromatic carbocycles. The summed E-state index contributed by atoms with van der Waals surface area (Å²) < 4.78 is 25.3. The Balaban J connectivity index is 1.91. The van der Waals surface area contributed by atoms with Gasteiger partial charge in [-0.1, -0.05) is 55.8 Å². The Bertz CT molecular complexity index is 959. The van der Waals surface area contributed by atoms with Crippen LogP contribution in [-0.2, 0) is 16.4 Å². The lowest BCUT2D eigenvalue weighted by atomic mass is 10.0. The van der Waals surface area contributed by atoms with Crippen molar-refractivity contribution in [3.05, 3.63) is 95.8 Å². The third-order valence-electron chi connectivity index (χ3n) is 4.03. The summed E-state index contributed by atoms with van der Waals surface area (Å²) in [6.07, 6.45) is 5.25. The Morgan fingerprint density at radius 1 is 0.963 bits per heavy atom. The summed E-state index contributed by atoms with van der Waals surface area (Å²) >= 11 is 0. The van der Waals surface area contributed by atoms with E-state index < -0.39 is 10.0 Å². The number of rotatable bonds is 7. The Hall–Kier alpha value is -2.99.